The molecule has 0 N–H and O–H groups in total. The molecule has 0 radical (unpaired) electrons. The van der Waals surface area contributed by atoms with Crippen LogP contribution in [0.15, 0.2) is 52.4 Å². The first-order valence-corrected chi connectivity index (χ1v) is 9.91. The molecule has 0 saturated heterocycles. The number of hydrogen-bond acceptors (Lipinski definition) is 7. The molecule has 4 aromatic rings. The zero-order chi connectivity index (χ0) is 20.4. The molecule has 0 fully saturated rings. The van der Waals surface area contributed by atoms with E-state index in [-0.39, 0.29) is 12.1 Å². The van der Waals surface area contributed by atoms with Crippen molar-refractivity contribution in [2.24, 2.45) is 0 Å². The fourth-order valence-electron chi connectivity index (χ4n) is 3.05. The van der Waals surface area contributed by atoms with Crippen molar-refractivity contribution in [2.75, 3.05) is 0 Å². The Hall–Kier alpha value is -3.51. The van der Waals surface area contributed by atoms with Crippen molar-refractivity contribution in [1.82, 2.24) is 29.8 Å². The second kappa shape index (κ2) is 7.85. The van der Waals surface area contributed by atoms with Gasteiger partial charge < -0.3 is 0 Å². The lowest BCUT2D eigenvalue weighted by atomic mass is 10.1. The monoisotopic (exact) mass is 403 g/mol. The summed E-state index contributed by atoms with van der Waals surface area (Å²) >= 11 is 1.37. The highest BCUT2D eigenvalue weighted by atomic mass is 32.2. The maximum atomic E-state index is 12.8. The van der Waals surface area contributed by atoms with Crippen molar-refractivity contribution in [2.45, 2.75) is 31.3 Å². The van der Waals surface area contributed by atoms with Gasteiger partial charge in [0.25, 0.3) is 5.56 Å². The summed E-state index contributed by atoms with van der Waals surface area (Å²) in [6.45, 7) is 3.95. The maximum Gasteiger partial charge on any atom is 0.262 e. The van der Waals surface area contributed by atoms with Crippen LogP contribution in [0.5, 0.6) is 0 Å². The van der Waals surface area contributed by atoms with Crippen molar-refractivity contribution in [3.63, 3.8) is 0 Å². The molecule has 2 heterocycles. The lowest BCUT2D eigenvalue weighted by Gasteiger charge is -2.11. The van der Waals surface area contributed by atoms with Crippen LogP contribution in [0.4, 0.5) is 0 Å². The van der Waals surface area contributed by atoms with Crippen LogP contribution in [0.3, 0.4) is 0 Å². The average Bonchev–Trinajstić information content (AvgIpc) is 3.19. The van der Waals surface area contributed by atoms with Gasteiger partial charge in [-0.1, -0.05) is 36.0 Å². The Labute approximate surface area is 170 Å². The highest BCUT2D eigenvalue weighted by Crippen LogP contribution is 2.24. The number of aromatic nitrogens is 6. The lowest BCUT2D eigenvalue weighted by Crippen LogP contribution is -2.24. The van der Waals surface area contributed by atoms with Crippen molar-refractivity contribution < 1.29 is 0 Å². The van der Waals surface area contributed by atoms with Gasteiger partial charge in [-0.15, -0.1) is 5.10 Å². The van der Waals surface area contributed by atoms with Crippen LogP contribution in [0.25, 0.3) is 16.6 Å². The summed E-state index contributed by atoms with van der Waals surface area (Å²) < 4.78 is 3.09. The number of aryl methyl sites for hydroxylation is 2. The molecule has 0 aliphatic carbocycles. The van der Waals surface area contributed by atoms with Crippen LogP contribution in [0, 0.1) is 25.2 Å². The first-order valence-electron chi connectivity index (χ1n) is 8.92. The Kier molecular flexibility index (Phi) is 5.10. The van der Waals surface area contributed by atoms with Gasteiger partial charge in [0.05, 0.1) is 28.4 Å². The lowest BCUT2D eigenvalue weighted by molar-refractivity contribution is 0.726. The fraction of sp³-hybridized carbons (Fsp3) is 0.200. The quantitative estimate of drug-likeness (QED) is 0.472. The molecule has 2 aromatic carbocycles. The number of thioether (sulfide) groups is 1. The number of nitrogens with zero attached hydrogens (tertiary/aromatic N) is 7. The number of nitriles is 1. The van der Waals surface area contributed by atoms with E-state index in [9.17, 15) is 4.79 Å². The molecule has 2 aromatic heterocycles. The molecule has 144 valence electrons. The van der Waals surface area contributed by atoms with Crippen molar-refractivity contribution in [1.29, 1.82) is 5.26 Å². The molecular formula is C20H17N7OS. The van der Waals surface area contributed by atoms with Gasteiger partial charge >= 0.3 is 0 Å². The summed E-state index contributed by atoms with van der Waals surface area (Å²) in [7, 11) is 0. The van der Waals surface area contributed by atoms with E-state index in [1.807, 2.05) is 44.2 Å². The van der Waals surface area contributed by atoms with Crippen LogP contribution in [-0.2, 0) is 12.3 Å². The Morgan fingerprint density at radius 1 is 1.17 bits per heavy atom. The number of hydrogen-bond donors (Lipinski definition) is 0. The molecule has 0 bridgehead atoms. The average molecular weight is 403 g/mol. The van der Waals surface area contributed by atoms with Crippen molar-refractivity contribution in [3.8, 4) is 11.8 Å². The van der Waals surface area contributed by atoms with E-state index in [1.165, 1.54) is 16.3 Å². The summed E-state index contributed by atoms with van der Waals surface area (Å²) in [5.41, 5.74) is 3.45. The Morgan fingerprint density at radius 2 is 2.00 bits per heavy atom. The Bertz CT molecular complexity index is 1300. The van der Waals surface area contributed by atoms with Gasteiger partial charge in [0.1, 0.15) is 12.4 Å². The number of fused-ring (bicyclic) bond motifs is 1. The number of benzene rings is 2. The third-order valence-electron chi connectivity index (χ3n) is 4.53. The van der Waals surface area contributed by atoms with E-state index < -0.39 is 0 Å². The maximum absolute atomic E-state index is 12.8. The highest BCUT2D eigenvalue weighted by molar-refractivity contribution is 7.98. The third kappa shape index (κ3) is 3.62. The molecule has 9 heteroatoms. The zero-order valence-corrected chi connectivity index (χ0v) is 16.7. The minimum atomic E-state index is -0.220. The number of para-hydroxylation sites is 1. The minimum Gasteiger partial charge on any atom is -0.281 e. The molecule has 0 spiro atoms. The summed E-state index contributed by atoms with van der Waals surface area (Å²) in [4.78, 5) is 17.4. The predicted molar refractivity (Wildman–Crippen MR) is 110 cm³/mol. The SMILES string of the molecule is Cc1ccc(C)c(-n2nnnc2SCc2nc3ccccc3c(=O)n2CC#N)c1. The smallest absolute Gasteiger partial charge is 0.262 e. The van der Waals surface area contributed by atoms with Crippen molar-refractivity contribution in [3.05, 3.63) is 69.8 Å². The van der Waals surface area contributed by atoms with Crippen LogP contribution in [0.1, 0.15) is 17.0 Å². The minimum absolute atomic E-state index is 0.0610. The van der Waals surface area contributed by atoms with Crippen LogP contribution < -0.4 is 5.56 Å². The van der Waals surface area contributed by atoms with Gasteiger partial charge in [-0.05, 0) is 53.6 Å². The molecule has 29 heavy (non-hydrogen) atoms. The largest absolute Gasteiger partial charge is 0.281 e. The number of tetrazole rings is 1. The van der Waals surface area contributed by atoms with Crippen molar-refractivity contribution >= 4 is 22.7 Å². The molecule has 0 unspecified atom stereocenters. The predicted octanol–water partition coefficient (Wildman–Crippen LogP) is 2.80. The first-order chi connectivity index (χ1) is 14.1. The molecule has 0 atom stereocenters. The van der Waals surface area contributed by atoms with Gasteiger partial charge in [-0.25, -0.2) is 4.98 Å². The molecule has 4 rings (SSSR count). The molecule has 0 amide bonds. The van der Waals surface area contributed by atoms with Gasteiger partial charge in [0.2, 0.25) is 5.16 Å². The van der Waals surface area contributed by atoms with E-state index in [0.717, 1.165) is 16.8 Å². The summed E-state index contributed by atoms with van der Waals surface area (Å²) in [6.07, 6.45) is 0. The summed E-state index contributed by atoms with van der Waals surface area (Å²) in [6, 6.07) is 15.3. The molecule has 8 nitrogen and oxygen atoms in total. The highest BCUT2D eigenvalue weighted by Gasteiger charge is 2.15. The summed E-state index contributed by atoms with van der Waals surface area (Å²) in [5, 5.41) is 22.3. The number of rotatable bonds is 5. The zero-order valence-electron chi connectivity index (χ0n) is 15.9. The molecular weight excluding hydrogens is 386 g/mol. The van der Waals surface area contributed by atoms with Crippen LogP contribution >= 0.6 is 11.8 Å². The first kappa shape index (κ1) is 18.8. The second-order valence-corrected chi connectivity index (χ2v) is 7.49. The topological polar surface area (TPSA) is 102 Å². The normalized spacial score (nSPS) is 10.9. The standard InChI is InChI=1S/C20H17N7OS/c1-13-7-8-14(2)17(11-13)27-20(23-24-25-27)29-12-18-22-16-6-4-3-5-15(16)19(28)26(18)10-9-21/h3-8,11H,10,12H2,1-2H3. The summed E-state index contributed by atoms with van der Waals surface area (Å²) in [5.74, 6) is 0.864. The third-order valence-corrected chi connectivity index (χ3v) is 5.45. The van der Waals surface area contributed by atoms with E-state index >= 15 is 0 Å². The second-order valence-electron chi connectivity index (χ2n) is 6.55. The van der Waals surface area contributed by atoms with Gasteiger partial charge in [0, 0.05) is 0 Å². The Morgan fingerprint density at radius 3 is 2.83 bits per heavy atom. The molecule has 0 saturated carbocycles. The van der Waals surface area contributed by atoms with E-state index in [2.05, 4.69) is 20.5 Å². The van der Waals surface area contributed by atoms with Crippen LogP contribution in [0.2, 0.25) is 0 Å². The van der Waals surface area contributed by atoms with Gasteiger partial charge in [-0.2, -0.15) is 9.94 Å². The van der Waals surface area contributed by atoms with Gasteiger partial charge in [0.15, 0.2) is 0 Å². The fourth-order valence-corrected chi connectivity index (χ4v) is 3.88. The Balaban J connectivity index is 1.71. The molecule has 0 aliphatic rings. The van der Waals surface area contributed by atoms with Crippen LogP contribution in [-0.4, -0.2) is 29.8 Å². The van der Waals surface area contributed by atoms with E-state index in [0.29, 0.717) is 27.6 Å². The molecule has 0 aliphatic heterocycles. The van der Waals surface area contributed by atoms with Gasteiger partial charge in [-0.3, -0.25) is 9.36 Å². The van der Waals surface area contributed by atoms with E-state index in [1.54, 1.807) is 22.9 Å². The van der Waals surface area contributed by atoms with E-state index in [4.69, 9.17) is 5.26 Å².